The van der Waals surface area contributed by atoms with E-state index in [0.29, 0.717) is 11.8 Å². The second-order valence-electron chi connectivity index (χ2n) is 6.30. The summed E-state index contributed by atoms with van der Waals surface area (Å²) in [4.78, 5) is 6.89. The van der Waals surface area contributed by atoms with Crippen LogP contribution in [0.4, 0.5) is 5.69 Å². The summed E-state index contributed by atoms with van der Waals surface area (Å²) < 4.78 is 0. The van der Waals surface area contributed by atoms with Crippen molar-refractivity contribution in [3.05, 3.63) is 77.3 Å². The van der Waals surface area contributed by atoms with Gasteiger partial charge in [0.25, 0.3) is 0 Å². The van der Waals surface area contributed by atoms with Crippen molar-refractivity contribution in [2.24, 2.45) is 5.92 Å². The number of aromatic amines is 1. The summed E-state index contributed by atoms with van der Waals surface area (Å²) >= 11 is 0. The monoisotopic (exact) mass is 301 g/mol. The van der Waals surface area contributed by atoms with Crippen molar-refractivity contribution < 1.29 is 0 Å². The van der Waals surface area contributed by atoms with Gasteiger partial charge in [-0.05, 0) is 53.4 Å². The first-order chi connectivity index (χ1) is 11.3. The minimum Gasteiger partial charge on any atom is -0.361 e. The highest BCUT2D eigenvalue weighted by Gasteiger charge is 2.39. The largest absolute Gasteiger partial charge is 0.361 e. The van der Waals surface area contributed by atoms with Gasteiger partial charge < -0.3 is 10.3 Å². The number of rotatable bonds is 5. The van der Waals surface area contributed by atoms with E-state index in [0.717, 1.165) is 24.3 Å². The Balaban J connectivity index is 1.40. The smallest absolute Gasteiger partial charge is 0.187 e. The molecule has 2 N–H and O–H groups in total. The van der Waals surface area contributed by atoms with E-state index in [1.165, 1.54) is 22.9 Å². The highest BCUT2D eigenvalue weighted by Crippen LogP contribution is 2.49. The maximum Gasteiger partial charge on any atom is 0.187 e. The van der Waals surface area contributed by atoms with Crippen LogP contribution in [-0.2, 0) is 6.54 Å². The molecule has 0 aliphatic heterocycles. The van der Waals surface area contributed by atoms with Crippen LogP contribution in [0, 0.1) is 12.5 Å². The second kappa shape index (κ2) is 5.91. The summed E-state index contributed by atoms with van der Waals surface area (Å²) in [5, 5.41) is 4.78. The number of aromatic nitrogens is 1. The average Bonchev–Trinajstić information content (AvgIpc) is 3.24. The minimum absolute atomic E-state index is 0.619. The topological polar surface area (TPSA) is 32.2 Å². The van der Waals surface area contributed by atoms with Crippen LogP contribution in [-0.4, -0.2) is 11.5 Å². The number of hydrogen-bond acceptors (Lipinski definition) is 1. The lowest BCUT2D eigenvalue weighted by atomic mass is 10.1. The second-order valence-corrected chi connectivity index (χ2v) is 6.30. The molecule has 114 valence electrons. The summed E-state index contributed by atoms with van der Waals surface area (Å²) in [6.45, 7) is 9.16. The fourth-order valence-corrected chi connectivity index (χ4v) is 3.36. The van der Waals surface area contributed by atoms with E-state index in [2.05, 4.69) is 51.7 Å². The molecule has 23 heavy (non-hydrogen) atoms. The Morgan fingerprint density at radius 2 is 2.04 bits per heavy atom. The van der Waals surface area contributed by atoms with Gasteiger partial charge in [0.1, 0.15) is 0 Å². The third kappa shape index (κ3) is 2.86. The molecule has 1 aromatic heterocycles. The van der Waals surface area contributed by atoms with Gasteiger partial charge in [0.15, 0.2) is 5.69 Å². The van der Waals surface area contributed by atoms with Crippen molar-refractivity contribution in [2.75, 3.05) is 6.54 Å². The Labute approximate surface area is 136 Å². The highest BCUT2D eigenvalue weighted by molar-refractivity contribution is 5.87. The maximum atomic E-state index is 7.18. The van der Waals surface area contributed by atoms with Crippen LogP contribution in [0.15, 0.2) is 54.7 Å². The van der Waals surface area contributed by atoms with Gasteiger partial charge >= 0.3 is 0 Å². The fourth-order valence-electron chi connectivity index (χ4n) is 3.36. The van der Waals surface area contributed by atoms with Gasteiger partial charge in [-0.15, -0.1) is 0 Å². The van der Waals surface area contributed by atoms with Crippen LogP contribution in [0.25, 0.3) is 15.7 Å². The van der Waals surface area contributed by atoms with Crippen molar-refractivity contribution in [1.82, 2.24) is 10.3 Å². The summed E-state index contributed by atoms with van der Waals surface area (Å²) in [6.07, 6.45) is 3.36. The molecule has 0 bridgehead atoms. The Hall–Kier alpha value is -2.57. The number of H-pyrrole nitrogens is 1. The number of fused-ring (bicyclic) bond motifs is 1. The van der Waals surface area contributed by atoms with E-state index in [1.54, 1.807) is 0 Å². The van der Waals surface area contributed by atoms with Gasteiger partial charge in [0.2, 0.25) is 0 Å². The summed E-state index contributed by atoms with van der Waals surface area (Å²) in [6, 6.07) is 16.4. The lowest BCUT2D eigenvalue weighted by Gasteiger charge is -2.04. The standard InChI is InChI=1S/C20H19N3/c1-21-16-7-8-20-18(10-16)19(13-23-20)17-9-15(17)12-22-11-14-5-3-2-4-6-14/h2-8,10,13,15,17,22-23H,9,11-12H2. The van der Waals surface area contributed by atoms with E-state index in [4.69, 9.17) is 6.57 Å². The maximum absolute atomic E-state index is 7.18. The molecule has 1 aliphatic carbocycles. The van der Waals surface area contributed by atoms with Crippen molar-refractivity contribution in [2.45, 2.75) is 18.9 Å². The number of benzene rings is 2. The Kier molecular flexibility index (Phi) is 3.61. The number of nitrogens with zero attached hydrogens (tertiary/aromatic N) is 1. The molecule has 3 nitrogen and oxygen atoms in total. The molecule has 4 rings (SSSR count). The minimum atomic E-state index is 0.619. The molecule has 0 amide bonds. The van der Waals surface area contributed by atoms with Crippen molar-refractivity contribution in [3.8, 4) is 0 Å². The molecule has 3 heteroatoms. The first-order valence-electron chi connectivity index (χ1n) is 8.08. The van der Waals surface area contributed by atoms with Gasteiger partial charge in [-0.2, -0.15) is 0 Å². The van der Waals surface area contributed by atoms with Gasteiger partial charge in [-0.25, -0.2) is 4.85 Å². The van der Waals surface area contributed by atoms with Crippen LogP contribution in [0.3, 0.4) is 0 Å². The first kappa shape index (κ1) is 14.0. The third-order valence-corrected chi connectivity index (χ3v) is 4.73. The van der Waals surface area contributed by atoms with Gasteiger partial charge in [0, 0.05) is 18.3 Å². The zero-order valence-corrected chi connectivity index (χ0v) is 12.9. The lowest BCUT2D eigenvalue weighted by Crippen LogP contribution is -2.16. The average molecular weight is 301 g/mol. The van der Waals surface area contributed by atoms with E-state index < -0.39 is 0 Å². The Morgan fingerprint density at radius 3 is 2.87 bits per heavy atom. The first-order valence-corrected chi connectivity index (χ1v) is 8.08. The highest BCUT2D eigenvalue weighted by atomic mass is 14.9. The van der Waals surface area contributed by atoms with E-state index >= 15 is 0 Å². The number of nitrogens with one attached hydrogen (secondary N) is 2. The molecule has 2 unspecified atom stereocenters. The van der Waals surface area contributed by atoms with Crippen LogP contribution in [0.1, 0.15) is 23.5 Å². The normalized spacial score (nSPS) is 19.6. The molecule has 2 atom stereocenters. The zero-order valence-electron chi connectivity index (χ0n) is 12.9. The van der Waals surface area contributed by atoms with Crippen molar-refractivity contribution in [1.29, 1.82) is 0 Å². The molecule has 1 saturated carbocycles. The summed E-state index contributed by atoms with van der Waals surface area (Å²) in [7, 11) is 0. The van der Waals surface area contributed by atoms with Crippen LogP contribution in [0.5, 0.6) is 0 Å². The van der Waals surface area contributed by atoms with Gasteiger partial charge in [-0.3, -0.25) is 0 Å². The molecule has 0 radical (unpaired) electrons. The van der Waals surface area contributed by atoms with Crippen LogP contribution >= 0.6 is 0 Å². The predicted octanol–water partition coefficient (Wildman–Crippen LogP) is 4.61. The predicted molar refractivity (Wildman–Crippen MR) is 93.6 cm³/mol. The molecule has 1 aliphatic rings. The van der Waals surface area contributed by atoms with Gasteiger partial charge in [0.05, 0.1) is 6.57 Å². The molecule has 3 aromatic rings. The SMILES string of the molecule is [C-]#[N+]c1ccc2[nH]cc(C3CC3CNCc3ccccc3)c2c1. The van der Waals surface area contributed by atoms with E-state index in [-0.39, 0.29) is 0 Å². The van der Waals surface area contributed by atoms with Crippen molar-refractivity contribution >= 4 is 16.6 Å². The summed E-state index contributed by atoms with van der Waals surface area (Å²) in [5.74, 6) is 1.32. The third-order valence-electron chi connectivity index (χ3n) is 4.73. The van der Waals surface area contributed by atoms with Crippen LogP contribution in [0.2, 0.25) is 0 Å². The van der Waals surface area contributed by atoms with Gasteiger partial charge in [-0.1, -0.05) is 36.4 Å². The van der Waals surface area contributed by atoms with E-state index in [9.17, 15) is 0 Å². The molecule has 0 spiro atoms. The molecular weight excluding hydrogens is 282 g/mol. The number of hydrogen-bond donors (Lipinski definition) is 2. The molecule has 1 heterocycles. The quantitative estimate of drug-likeness (QED) is 0.663. The van der Waals surface area contributed by atoms with E-state index in [1.807, 2.05) is 18.2 Å². The molecule has 0 saturated heterocycles. The molecule has 1 fully saturated rings. The lowest BCUT2D eigenvalue weighted by molar-refractivity contribution is 0.628. The molecule has 2 aromatic carbocycles. The summed E-state index contributed by atoms with van der Waals surface area (Å²) in [5.41, 5.74) is 4.56. The zero-order chi connectivity index (χ0) is 15.6. The molecular formula is C20H19N3. The fraction of sp³-hybridized carbons (Fsp3) is 0.250. The van der Waals surface area contributed by atoms with Crippen molar-refractivity contribution in [3.63, 3.8) is 0 Å². The Morgan fingerprint density at radius 1 is 1.17 bits per heavy atom. The van der Waals surface area contributed by atoms with Crippen LogP contribution < -0.4 is 5.32 Å². The Bertz CT molecular complexity index is 857.